The second-order valence-corrected chi connectivity index (χ2v) is 5.21. The van der Waals surface area contributed by atoms with Gasteiger partial charge in [0.2, 0.25) is 0 Å². The van der Waals surface area contributed by atoms with Gasteiger partial charge in [0.25, 0.3) is 0 Å². The molecular weight excluding hydrogens is 244 g/mol. The van der Waals surface area contributed by atoms with E-state index in [-0.39, 0.29) is 5.75 Å². The number of hydrogen-bond acceptors (Lipinski definition) is 5. The van der Waals surface area contributed by atoms with Gasteiger partial charge in [-0.25, -0.2) is 4.98 Å². The number of aromatic nitrogens is 1. The molecule has 0 fully saturated rings. The van der Waals surface area contributed by atoms with Crippen LogP contribution in [0.15, 0.2) is 22.5 Å². The summed E-state index contributed by atoms with van der Waals surface area (Å²) in [5.74, 6) is -0.854. The summed E-state index contributed by atoms with van der Waals surface area (Å²) in [7, 11) is 0. The van der Waals surface area contributed by atoms with Gasteiger partial charge in [0, 0.05) is 0 Å². The maximum atomic E-state index is 10.4. The van der Waals surface area contributed by atoms with Gasteiger partial charge >= 0.3 is 5.97 Å². The minimum absolute atomic E-state index is 0.00489. The number of carboxylic acids is 1. The van der Waals surface area contributed by atoms with Gasteiger partial charge in [0.15, 0.2) is 4.34 Å². The fourth-order valence-corrected chi connectivity index (χ4v) is 2.99. The highest BCUT2D eigenvalue weighted by molar-refractivity contribution is 8.01. The standard InChI is InChI=1S/C10H6N2O2S2/c11-4-6-1-2-7-8(3-6)16-10(12-7)15-5-9(13)14/h1-3H,5H2,(H,13,14). The van der Waals surface area contributed by atoms with Crippen molar-refractivity contribution in [2.45, 2.75) is 4.34 Å². The second-order valence-electron chi connectivity index (χ2n) is 2.96. The number of nitriles is 1. The molecule has 0 saturated carbocycles. The zero-order valence-corrected chi connectivity index (χ0v) is 9.64. The van der Waals surface area contributed by atoms with Crippen LogP contribution in [0.2, 0.25) is 0 Å². The third kappa shape index (κ3) is 2.32. The Kier molecular flexibility index (Phi) is 3.08. The van der Waals surface area contributed by atoms with Gasteiger partial charge in [-0.3, -0.25) is 4.79 Å². The van der Waals surface area contributed by atoms with Crippen LogP contribution in [-0.2, 0) is 4.79 Å². The van der Waals surface area contributed by atoms with Crippen molar-refractivity contribution >= 4 is 39.3 Å². The van der Waals surface area contributed by atoms with Crippen LogP contribution in [0.1, 0.15) is 5.56 Å². The number of thiazole rings is 1. The first-order valence-corrected chi connectivity index (χ1v) is 6.14. The number of fused-ring (bicyclic) bond motifs is 1. The van der Waals surface area contributed by atoms with Crippen molar-refractivity contribution in [1.29, 1.82) is 5.26 Å². The Morgan fingerprint density at radius 2 is 2.44 bits per heavy atom. The van der Waals surface area contributed by atoms with Gasteiger partial charge < -0.3 is 5.11 Å². The molecular formula is C10H6N2O2S2. The molecule has 6 heteroatoms. The van der Waals surface area contributed by atoms with Crippen molar-refractivity contribution in [3.63, 3.8) is 0 Å². The summed E-state index contributed by atoms with van der Waals surface area (Å²) in [5, 5.41) is 17.3. The molecule has 0 bridgehead atoms. The first-order valence-electron chi connectivity index (χ1n) is 4.34. The van der Waals surface area contributed by atoms with Crippen LogP contribution in [0.4, 0.5) is 0 Å². The average molecular weight is 250 g/mol. The van der Waals surface area contributed by atoms with Crippen molar-refractivity contribution < 1.29 is 9.90 Å². The maximum absolute atomic E-state index is 10.4. The van der Waals surface area contributed by atoms with E-state index in [4.69, 9.17) is 10.4 Å². The quantitative estimate of drug-likeness (QED) is 0.846. The molecule has 2 rings (SSSR count). The smallest absolute Gasteiger partial charge is 0.313 e. The number of benzene rings is 1. The Balaban J connectivity index is 2.30. The molecule has 0 aliphatic heterocycles. The van der Waals surface area contributed by atoms with E-state index in [0.717, 1.165) is 10.2 Å². The Labute approximate surface area is 99.5 Å². The molecule has 0 radical (unpaired) electrons. The van der Waals surface area contributed by atoms with Crippen LogP contribution in [0.25, 0.3) is 10.2 Å². The van der Waals surface area contributed by atoms with Gasteiger partial charge in [-0.05, 0) is 18.2 Å². The zero-order chi connectivity index (χ0) is 11.5. The van der Waals surface area contributed by atoms with E-state index >= 15 is 0 Å². The summed E-state index contributed by atoms with van der Waals surface area (Å²) < 4.78 is 1.62. The highest BCUT2D eigenvalue weighted by atomic mass is 32.2. The summed E-state index contributed by atoms with van der Waals surface area (Å²) in [4.78, 5) is 14.7. The van der Waals surface area contributed by atoms with Crippen molar-refractivity contribution in [2.24, 2.45) is 0 Å². The van der Waals surface area contributed by atoms with E-state index in [1.807, 2.05) is 0 Å². The van der Waals surface area contributed by atoms with E-state index in [1.165, 1.54) is 23.1 Å². The minimum atomic E-state index is -0.859. The first-order chi connectivity index (χ1) is 7.69. The SMILES string of the molecule is N#Cc1ccc2nc(SCC(=O)O)sc2c1. The van der Waals surface area contributed by atoms with Gasteiger partial charge in [-0.1, -0.05) is 11.8 Å². The lowest BCUT2D eigenvalue weighted by Crippen LogP contribution is -1.96. The van der Waals surface area contributed by atoms with E-state index < -0.39 is 5.97 Å². The van der Waals surface area contributed by atoms with Crippen molar-refractivity contribution in [3.05, 3.63) is 23.8 Å². The van der Waals surface area contributed by atoms with Crippen molar-refractivity contribution in [3.8, 4) is 6.07 Å². The number of carbonyl (C=O) groups is 1. The lowest BCUT2D eigenvalue weighted by molar-refractivity contribution is -0.133. The van der Waals surface area contributed by atoms with E-state index in [9.17, 15) is 4.79 Å². The molecule has 1 heterocycles. The number of nitrogens with zero attached hydrogens (tertiary/aromatic N) is 2. The highest BCUT2D eigenvalue weighted by Gasteiger charge is 2.07. The molecule has 80 valence electrons. The van der Waals surface area contributed by atoms with Crippen LogP contribution in [0.3, 0.4) is 0 Å². The molecule has 16 heavy (non-hydrogen) atoms. The van der Waals surface area contributed by atoms with Crippen LogP contribution in [0, 0.1) is 11.3 Å². The predicted octanol–water partition coefficient (Wildman–Crippen LogP) is 2.34. The summed E-state index contributed by atoms with van der Waals surface area (Å²) in [6.07, 6.45) is 0. The van der Waals surface area contributed by atoms with Crippen molar-refractivity contribution in [1.82, 2.24) is 4.98 Å². The molecule has 0 saturated heterocycles. The number of thioether (sulfide) groups is 1. The topological polar surface area (TPSA) is 74.0 Å². The maximum Gasteiger partial charge on any atom is 0.313 e. The normalized spacial score (nSPS) is 10.2. The molecule has 0 unspecified atom stereocenters. The molecule has 0 amide bonds. The third-order valence-corrected chi connectivity index (χ3v) is 3.96. The summed E-state index contributed by atoms with van der Waals surface area (Å²) in [6.45, 7) is 0. The van der Waals surface area contributed by atoms with Gasteiger partial charge in [0.1, 0.15) is 0 Å². The molecule has 1 aromatic heterocycles. The largest absolute Gasteiger partial charge is 0.481 e. The molecule has 0 aliphatic carbocycles. The fourth-order valence-electron chi connectivity index (χ4n) is 1.16. The molecule has 0 atom stereocenters. The minimum Gasteiger partial charge on any atom is -0.481 e. The van der Waals surface area contributed by atoms with Gasteiger partial charge in [0.05, 0.1) is 27.6 Å². The number of aliphatic carboxylic acids is 1. The monoisotopic (exact) mass is 250 g/mol. The van der Waals surface area contributed by atoms with Crippen LogP contribution in [0.5, 0.6) is 0 Å². The number of rotatable bonds is 3. The van der Waals surface area contributed by atoms with E-state index in [0.29, 0.717) is 9.90 Å². The molecule has 2 aromatic rings. The molecule has 1 aromatic carbocycles. The Morgan fingerprint density at radius 1 is 1.62 bits per heavy atom. The van der Waals surface area contributed by atoms with E-state index in [1.54, 1.807) is 18.2 Å². The molecule has 4 nitrogen and oxygen atoms in total. The highest BCUT2D eigenvalue weighted by Crippen LogP contribution is 2.29. The summed E-state index contributed by atoms with van der Waals surface area (Å²) in [6, 6.07) is 7.29. The fraction of sp³-hybridized carbons (Fsp3) is 0.100. The Hall–Kier alpha value is -1.58. The molecule has 0 spiro atoms. The molecule has 0 aliphatic rings. The summed E-state index contributed by atoms with van der Waals surface area (Å²) in [5.41, 5.74) is 1.39. The predicted molar refractivity (Wildman–Crippen MR) is 62.7 cm³/mol. The number of carboxylic acid groups (broad SMARTS) is 1. The second kappa shape index (κ2) is 4.51. The number of hydrogen-bond donors (Lipinski definition) is 1. The Morgan fingerprint density at radius 3 is 3.12 bits per heavy atom. The zero-order valence-electron chi connectivity index (χ0n) is 8.01. The van der Waals surface area contributed by atoms with Crippen LogP contribution < -0.4 is 0 Å². The van der Waals surface area contributed by atoms with E-state index in [2.05, 4.69) is 11.1 Å². The lowest BCUT2D eigenvalue weighted by atomic mass is 10.2. The van der Waals surface area contributed by atoms with Gasteiger partial charge in [-0.15, -0.1) is 11.3 Å². The van der Waals surface area contributed by atoms with Crippen LogP contribution in [-0.4, -0.2) is 21.8 Å². The average Bonchev–Trinajstić information content (AvgIpc) is 2.67. The Bertz CT molecular complexity index is 586. The first kappa shape index (κ1) is 10.9. The lowest BCUT2D eigenvalue weighted by Gasteiger charge is -1.88. The summed E-state index contributed by atoms with van der Waals surface area (Å²) >= 11 is 2.60. The van der Waals surface area contributed by atoms with Crippen LogP contribution >= 0.6 is 23.1 Å². The van der Waals surface area contributed by atoms with Crippen molar-refractivity contribution in [2.75, 3.05) is 5.75 Å². The van der Waals surface area contributed by atoms with Gasteiger partial charge in [-0.2, -0.15) is 5.26 Å². The third-order valence-electron chi connectivity index (χ3n) is 1.82. The molecule has 1 N–H and O–H groups in total.